The molecule has 2 aliphatic heterocycles. The second kappa shape index (κ2) is 1.51. The molecule has 3 unspecified atom stereocenters. The molecule has 3 atom stereocenters. The Kier molecular flexibility index (Phi) is 0.963. The van der Waals surface area contributed by atoms with Gasteiger partial charge in [0.2, 0.25) is 0 Å². The van der Waals surface area contributed by atoms with E-state index in [-0.39, 0.29) is 5.60 Å². The lowest BCUT2D eigenvalue weighted by molar-refractivity contribution is 0.0106. The van der Waals surface area contributed by atoms with Gasteiger partial charge in [-0.3, -0.25) is 0 Å². The van der Waals surface area contributed by atoms with Crippen molar-refractivity contribution in [2.75, 3.05) is 0 Å². The number of rotatable bonds is 0. The molecule has 0 amide bonds. The lowest BCUT2D eigenvalue weighted by Crippen LogP contribution is -2.27. The van der Waals surface area contributed by atoms with E-state index in [1.54, 1.807) is 0 Å². The van der Waals surface area contributed by atoms with Crippen molar-refractivity contribution in [1.82, 2.24) is 0 Å². The zero-order valence-corrected chi connectivity index (χ0v) is 6.18. The zero-order valence-electron chi connectivity index (χ0n) is 6.18. The average Bonchev–Trinajstić information content (AvgIpc) is 2.22. The predicted molar refractivity (Wildman–Crippen MR) is 36.3 cm³/mol. The Morgan fingerprint density at radius 2 is 2.33 bits per heavy atom. The van der Waals surface area contributed by atoms with Crippen LogP contribution in [0.1, 0.15) is 33.1 Å². The van der Waals surface area contributed by atoms with Crippen LogP contribution in [0.5, 0.6) is 0 Å². The van der Waals surface area contributed by atoms with Crippen LogP contribution in [-0.4, -0.2) is 11.7 Å². The Labute approximate surface area is 56.4 Å². The lowest BCUT2D eigenvalue weighted by Gasteiger charge is -2.24. The van der Waals surface area contributed by atoms with E-state index < -0.39 is 0 Å². The minimum Gasteiger partial charge on any atom is -0.372 e. The molecule has 2 heterocycles. The van der Waals surface area contributed by atoms with E-state index in [1.165, 1.54) is 19.3 Å². The molecule has 1 heteroatoms. The van der Waals surface area contributed by atoms with E-state index >= 15 is 0 Å². The molecule has 0 aromatic heterocycles. The van der Waals surface area contributed by atoms with Gasteiger partial charge in [-0.2, -0.15) is 0 Å². The van der Waals surface area contributed by atoms with Gasteiger partial charge in [0, 0.05) is 0 Å². The summed E-state index contributed by atoms with van der Waals surface area (Å²) < 4.78 is 5.77. The van der Waals surface area contributed by atoms with Gasteiger partial charge in [-0.25, -0.2) is 0 Å². The van der Waals surface area contributed by atoms with E-state index in [2.05, 4.69) is 13.8 Å². The number of fused-ring (bicyclic) bond motifs is 2. The summed E-state index contributed by atoms with van der Waals surface area (Å²) in [4.78, 5) is 0. The van der Waals surface area contributed by atoms with E-state index in [4.69, 9.17) is 4.74 Å². The van der Waals surface area contributed by atoms with Gasteiger partial charge in [0.1, 0.15) is 0 Å². The summed E-state index contributed by atoms with van der Waals surface area (Å²) in [5.41, 5.74) is 0.269. The fraction of sp³-hybridized carbons (Fsp3) is 1.00. The van der Waals surface area contributed by atoms with Crippen LogP contribution in [0.25, 0.3) is 0 Å². The second-order valence-electron chi connectivity index (χ2n) is 3.73. The molecule has 0 aromatic carbocycles. The van der Waals surface area contributed by atoms with Crippen LogP contribution in [0, 0.1) is 5.92 Å². The molecule has 0 N–H and O–H groups in total. The maximum absolute atomic E-state index is 5.77. The highest BCUT2D eigenvalue weighted by Gasteiger charge is 2.47. The molecule has 0 aliphatic carbocycles. The summed E-state index contributed by atoms with van der Waals surface area (Å²) in [5, 5.41) is 0. The fourth-order valence-corrected chi connectivity index (χ4v) is 2.12. The summed E-state index contributed by atoms with van der Waals surface area (Å²) in [6.45, 7) is 4.56. The summed E-state index contributed by atoms with van der Waals surface area (Å²) in [7, 11) is 0. The molecule has 2 aliphatic rings. The van der Waals surface area contributed by atoms with Crippen LogP contribution in [-0.2, 0) is 4.74 Å². The van der Waals surface area contributed by atoms with Crippen LogP contribution < -0.4 is 0 Å². The Hall–Kier alpha value is -0.0400. The maximum atomic E-state index is 5.77. The topological polar surface area (TPSA) is 9.23 Å². The van der Waals surface area contributed by atoms with E-state index in [0.717, 1.165) is 5.92 Å². The van der Waals surface area contributed by atoms with Crippen LogP contribution >= 0.6 is 0 Å². The van der Waals surface area contributed by atoms with Gasteiger partial charge < -0.3 is 4.74 Å². The number of ether oxygens (including phenoxy) is 1. The third-order valence-electron chi connectivity index (χ3n) is 3.06. The van der Waals surface area contributed by atoms with Crippen molar-refractivity contribution >= 4 is 0 Å². The third-order valence-corrected chi connectivity index (χ3v) is 3.06. The Morgan fingerprint density at radius 1 is 1.56 bits per heavy atom. The normalized spacial score (nSPS) is 56.7. The Bertz CT molecular complexity index is 133. The first-order valence-corrected chi connectivity index (χ1v) is 3.88. The molecule has 9 heavy (non-hydrogen) atoms. The van der Waals surface area contributed by atoms with Crippen molar-refractivity contribution in [3.8, 4) is 0 Å². The summed E-state index contributed by atoms with van der Waals surface area (Å²) in [5.74, 6) is 0.802. The van der Waals surface area contributed by atoms with Gasteiger partial charge in [-0.1, -0.05) is 6.92 Å². The van der Waals surface area contributed by atoms with E-state index in [9.17, 15) is 0 Å². The first kappa shape index (κ1) is 5.72. The summed E-state index contributed by atoms with van der Waals surface area (Å²) in [6.07, 6.45) is 4.51. The average molecular weight is 126 g/mol. The fourth-order valence-electron chi connectivity index (χ4n) is 2.12. The third kappa shape index (κ3) is 0.644. The molecule has 0 aromatic rings. The quantitative estimate of drug-likeness (QED) is 0.482. The highest BCUT2D eigenvalue weighted by molar-refractivity contribution is 4.96. The van der Waals surface area contributed by atoms with E-state index in [1.807, 2.05) is 0 Å². The van der Waals surface area contributed by atoms with Crippen molar-refractivity contribution in [3.63, 3.8) is 0 Å². The molecule has 0 saturated carbocycles. The summed E-state index contributed by atoms with van der Waals surface area (Å²) in [6, 6.07) is 0. The van der Waals surface area contributed by atoms with Crippen molar-refractivity contribution in [1.29, 1.82) is 0 Å². The highest BCUT2D eigenvalue weighted by atomic mass is 16.5. The lowest BCUT2D eigenvalue weighted by atomic mass is 9.81. The van der Waals surface area contributed by atoms with Crippen molar-refractivity contribution in [2.24, 2.45) is 5.92 Å². The smallest absolute Gasteiger partial charge is 0.0685 e. The minimum atomic E-state index is 0.269. The van der Waals surface area contributed by atoms with Crippen LogP contribution in [0.3, 0.4) is 0 Å². The van der Waals surface area contributed by atoms with Crippen LogP contribution in [0.2, 0.25) is 0 Å². The number of hydrogen-bond donors (Lipinski definition) is 0. The highest BCUT2D eigenvalue weighted by Crippen LogP contribution is 2.46. The molecular weight excluding hydrogens is 112 g/mol. The molecule has 52 valence electrons. The van der Waals surface area contributed by atoms with Gasteiger partial charge >= 0.3 is 0 Å². The molecule has 0 spiro atoms. The first-order chi connectivity index (χ1) is 4.21. The molecule has 2 fully saturated rings. The monoisotopic (exact) mass is 126 g/mol. The molecule has 2 bridgehead atoms. The summed E-state index contributed by atoms with van der Waals surface area (Å²) >= 11 is 0. The molecule has 2 rings (SSSR count). The van der Waals surface area contributed by atoms with Gasteiger partial charge in [-0.05, 0) is 32.1 Å². The van der Waals surface area contributed by atoms with Gasteiger partial charge in [-0.15, -0.1) is 0 Å². The maximum Gasteiger partial charge on any atom is 0.0685 e. The predicted octanol–water partition coefficient (Wildman–Crippen LogP) is 1.96. The standard InChI is InChI=1S/C8H14O/c1-6-5-7-3-4-8(6,2)9-7/h6-7H,3-5H2,1-2H3. The molecule has 1 nitrogen and oxygen atoms in total. The SMILES string of the molecule is CC1CC2CCC1(C)O2. The first-order valence-electron chi connectivity index (χ1n) is 3.88. The molecule has 2 saturated heterocycles. The van der Waals surface area contributed by atoms with Gasteiger partial charge in [0.15, 0.2) is 0 Å². The second-order valence-corrected chi connectivity index (χ2v) is 3.73. The van der Waals surface area contributed by atoms with Crippen LogP contribution in [0.4, 0.5) is 0 Å². The van der Waals surface area contributed by atoms with Crippen LogP contribution in [0.15, 0.2) is 0 Å². The largest absolute Gasteiger partial charge is 0.372 e. The minimum absolute atomic E-state index is 0.269. The zero-order chi connectivity index (χ0) is 6.48. The van der Waals surface area contributed by atoms with E-state index in [0.29, 0.717) is 6.10 Å². The number of hydrogen-bond acceptors (Lipinski definition) is 1. The molecule has 0 radical (unpaired) electrons. The van der Waals surface area contributed by atoms with Crippen molar-refractivity contribution in [2.45, 2.75) is 44.8 Å². The van der Waals surface area contributed by atoms with Gasteiger partial charge in [0.25, 0.3) is 0 Å². The van der Waals surface area contributed by atoms with Gasteiger partial charge in [0.05, 0.1) is 11.7 Å². The van der Waals surface area contributed by atoms with Crippen molar-refractivity contribution in [3.05, 3.63) is 0 Å². The van der Waals surface area contributed by atoms with Crippen molar-refractivity contribution < 1.29 is 4.74 Å². The Balaban J connectivity index is 2.22. The molecular formula is C8H14O. The Morgan fingerprint density at radius 3 is 2.56 bits per heavy atom.